The maximum absolute atomic E-state index is 6.18. The van der Waals surface area contributed by atoms with E-state index in [1.807, 2.05) is 18.2 Å². The van der Waals surface area contributed by atoms with Crippen LogP contribution in [0.5, 0.6) is 5.75 Å². The molecule has 1 unspecified atom stereocenters. The fourth-order valence-electron chi connectivity index (χ4n) is 2.60. The van der Waals surface area contributed by atoms with E-state index in [0.717, 1.165) is 35.9 Å². The monoisotopic (exact) mass is 287 g/mol. The first-order valence-corrected chi connectivity index (χ1v) is 7.34. The number of fused-ring (bicyclic) bond motifs is 1. The van der Waals surface area contributed by atoms with Crippen LogP contribution in [0, 0.1) is 0 Å². The van der Waals surface area contributed by atoms with Crippen molar-refractivity contribution in [3.8, 4) is 5.75 Å². The number of nitrogens with one attached hydrogen (secondary N) is 1. The molecule has 1 N–H and O–H groups in total. The Morgan fingerprint density at radius 3 is 2.85 bits per heavy atom. The fourth-order valence-corrected chi connectivity index (χ4v) is 2.86. The number of hydrogen-bond donors (Lipinski definition) is 1. The number of rotatable bonds is 4. The lowest BCUT2D eigenvalue weighted by molar-refractivity contribution is 0.351. The van der Waals surface area contributed by atoms with Gasteiger partial charge in [0.1, 0.15) is 5.75 Å². The lowest BCUT2D eigenvalue weighted by Crippen LogP contribution is -2.18. The number of ether oxygens (including phenoxy) is 1. The summed E-state index contributed by atoms with van der Waals surface area (Å²) < 4.78 is 5.72. The molecular weight excluding hydrogens is 270 g/mol. The second-order valence-corrected chi connectivity index (χ2v) is 5.60. The van der Waals surface area contributed by atoms with Gasteiger partial charge in [0.2, 0.25) is 0 Å². The highest BCUT2D eigenvalue weighted by molar-refractivity contribution is 6.30. The standard InChI is InChI=1S/C17H18ClNO/c1-12(13-5-3-2-4-6-13)19-11-15-10-16(18)9-14-7-8-20-17(14)15/h2-6,9-10,12,19H,7-8,11H2,1H3. The third kappa shape index (κ3) is 2.82. The van der Waals surface area contributed by atoms with E-state index in [1.54, 1.807) is 0 Å². The van der Waals surface area contributed by atoms with Crippen LogP contribution in [-0.4, -0.2) is 6.61 Å². The molecule has 104 valence electrons. The van der Waals surface area contributed by atoms with Crippen molar-refractivity contribution in [2.24, 2.45) is 0 Å². The summed E-state index contributed by atoms with van der Waals surface area (Å²) in [4.78, 5) is 0. The second-order valence-electron chi connectivity index (χ2n) is 5.16. The summed E-state index contributed by atoms with van der Waals surface area (Å²) in [5.41, 5.74) is 3.65. The van der Waals surface area contributed by atoms with E-state index in [1.165, 1.54) is 11.1 Å². The van der Waals surface area contributed by atoms with Gasteiger partial charge >= 0.3 is 0 Å². The summed E-state index contributed by atoms with van der Waals surface area (Å²) >= 11 is 6.18. The van der Waals surface area contributed by atoms with Crippen molar-refractivity contribution in [3.05, 3.63) is 64.2 Å². The van der Waals surface area contributed by atoms with Gasteiger partial charge in [-0.3, -0.25) is 0 Å². The SMILES string of the molecule is CC(NCc1cc(Cl)cc2c1OCC2)c1ccccc1. The van der Waals surface area contributed by atoms with Crippen molar-refractivity contribution in [2.45, 2.75) is 25.9 Å². The summed E-state index contributed by atoms with van der Waals surface area (Å²) in [5.74, 6) is 1.02. The Morgan fingerprint density at radius 1 is 1.25 bits per heavy atom. The molecule has 1 heterocycles. The van der Waals surface area contributed by atoms with Gasteiger partial charge in [0.25, 0.3) is 0 Å². The molecule has 20 heavy (non-hydrogen) atoms. The highest BCUT2D eigenvalue weighted by Gasteiger charge is 2.17. The Kier molecular flexibility index (Phi) is 3.95. The minimum absolute atomic E-state index is 0.298. The van der Waals surface area contributed by atoms with Gasteiger partial charge in [-0.1, -0.05) is 41.9 Å². The molecule has 0 spiro atoms. The average molecular weight is 288 g/mol. The Balaban J connectivity index is 1.73. The molecule has 0 aliphatic carbocycles. The Morgan fingerprint density at radius 2 is 2.05 bits per heavy atom. The van der Waals surface area contributed by atoms with Crippen molar-refractivity contribution < 1.29 is 4.74 Å². The minimum Gasteiger partial charge on any atom is -0.493 e. The molecule has 0 fully saturated rings. The van der Waals surface area contributed by atoms with Crippen molar-refractivity contribution in [2.75, 3.05) is 6.61 Å². The number of hydrogen-bond acceptors (Lipinski definition) is 2. The molecule has 0 saturated heterocycles. The van der Waals surface area contributed by atoms with E-state index < -0.39 is 0 Å². The lowest BCUT2D eigenvalue weighted by atomic mass is 10.1. The number of halogens is 1. The van der Waals surface area contributed by atoms with Crippen LogP contribution in [0.15, 0.2) is 42.5 Å². The molecule has 1 aliphatic heterocycles. The maximum Gasteiger partial charge on any atom is 0.127 e. The summed E-state index contributed by atoms with van der Waals surface area (Å²) in [7, 11) is 0. The summed E-state index contributed by atoms with van der Waals surface area (Å²) in [6.07, 6.45) is 0.955. The highest BCUT2D eigenvalue weighted by atomic mass is 35.5. The Hall–Kier alpha value is -1.51. The van der Waals surface area contributed by atoms with E-state index in [9.17, 15) is 0 Å². The predicted molar refractivity (Wildman–Crippen MR) is 82.3 cm³/mol. The van der Waals surface area contributed by atoms with Gasteiger partial charge in [0.05, 0.1) is 6.61 Å². The zero-order valence-corrected chi connectivity index (χ0v) is 12.3. The summed E-state index contributed by atoms with van der Waals surface area (Å²) in [5, 5.41) is 4.32. The van der Waals surface area contributed by atoms with Crippen LogP contribution in [0.25, 0.3) is 0 Å². The van der Waals surface area contributed by atoms with Crippen LogP contribution >= 0.6 is 11.6 Å². The molecule has 1 atom stereocenters. The van der Waals surface area contributed by atoms with E-state index in [2.05, 4.69) is 36.5 Å². The van der Waals surface area contributed by atoms with Crippen LogP contribution in [0.3, 0.4) is 0 Å². The van der Waals surface area contributed by atoms with Crippen LogP contribution in [0.1, 0.15) is 29.7 Å². The van der Waals surface area contributed by atoms with E-state index in [4.69, 9.17) is 16.3 Å². The molecule has 1 aliphatic rings. The van der Waals surface area contributed by atoms with Gasteiger partial charge < -0.3 is 10.1 Å². The zero-order valence-electron chi connectivity index (χ0n) is 11.5. The Labute approximate surface area is 124 Å². The first kappa shape index (κ1) is 13.5. The van der Waals surface area contributed by atoms with E-state index in [-0.39, 0.29) is 0 Å². The highest BCUT2D eigenvalue weighted by Crippen LogP contribution is 2.33. The smallest absolute Gasteiger partial charge is 0.127 e. The molecule has 0 aromatic heterocycles. The molecule has 2 aromatic rings. The molecule has 0 saturated carbocycles. The minimum atomic E-state index is 0.298. The first-order valence-electron chi connectivity index (χ1n) is 6.96. The summed E-state index contributed by atoms with van der Waals surface area (Å²) in [6.45, 7) is 3.69. The van der Waals surface area contributed by atoms with E-state index in [0.29, 0.717) is 6.04 Å². The molecule has 2 aromatic carbocycles. The second kappa shape index (κ2) is 5.86. The van der Waals surface area contributed by atoms with Gasteiger partial charge in [-0.05, 0) is 30.2 Å². The lowest BCUT2D eigenvalue weighted by Gasteiger charge is -2.16. The largest absolute Gasteiger partial charge is 0.493 e. The normalized spacial score (nSPS) is 14.7. The molecule has 3 rings (SSSR count). The van der Waals surface area contributed by atoms with Crippen molar-refractivity contribution in [1.29, 1.82) is 0 Å². The summed E-state index contributed by atoms with van der Waals surface area (Å²) in [6, 6.07) is 14.7. The molecular formula is C17H18ClNO. The molecule has 0 amide bonds. The van der Waals surface area contributed by atoms with Gasteiger partial charge in [-0.15, -0.1) is 0 Å². The molecule has 0 bridgehead atoms. The van der Waals surface area contributed by atoms with Crippen molar-refractivity contribution >= 4 is 11.6 Å². The van der Waals surface area contributed by atoms with Crippen LogP contribution in [-0.2, 0) is 13.0 Å². The van der Waals surface area contributed by atoms with Gasteiger partial charge in [-0.2, -0.15) is 0 Å². The first-order chi connectivity index (χ1) is 9.74. The zero-order chi connectivity index (χ0) is 13.9. The third-order valence-corrected chi connectivity index (χ3v) is 3.94. The third-order valence-electron chi connectivity index (χ3n) is 3.72. The van der Waals surface area contributed by atoms with Gasteiger partial charge in [-0.25, -0.2) is 0 Å². The molecule has 0 radical (unpaired) electrons. The van der Waals surface area contributed by atoms with Crippen LogP contribution in [0.2, 0.25) is 5.02 Å². The fraction of sp³-hybridized carbons (Fsp3) is 0.294. The topological polar surface area (TPSA) is 21.3 Å². The van der Waals surface area contributed by atoms with Crippen molar-refractivity contribution in [1.82, 2.24) is 5.32 Å². The van der Waals surface area contributed by atoms with Crippen LogP contribution < -0.4 is 10.1 Å². The maximum atomic E-state index is 6.18. The van der Waals surface area contributed by atoms with E-state index >= 15 is 0 Å². The molecule has 2 nitrogen and oxygen atoms in total. The predicted octanol–water partition coefficient (Wildman–Crippen LogP) is 4.13. The van der Waals surface area contributed by atoms with Crippen LogP contribution in [0.4, 0.5) is 0 Å². The van der Waals surface area contributed by atoms with Gasteiger partial charge in [0.15, 0.2) is 0 Å². The van der Waals surface area contributed by atoms with Crippen molar-refractivity contribution in [3.63, 3.8) is 0 Å². The quantitative estimate of drug-likeness (QED) is 0.913. The number of benzene rings is 2. The Bertz CT molecular complexity index is 597. The van der Waals surface area contributed by atoms with Gasteiger partial charge in [0, 0.05) is 29.6 Å². The average Bonchev–Trinajstić information content (AvgIpc) is 2.93. The molecule has 3 heteroatoms.